The Kier molecular flexibility index (Phi) is 5.36. The van der Waals surface area contributed by atoms with Gasteiger partial charge in [0.15, 0.2) is 11.0 Å². The highest BCUT2D eigenvalue weighted by atomic mass is 16.5. The second-order valence-electron chi connectivity index (χ2n) is 7.47. The summed E-state index contributed by atoms with van der Waals surface area (Å²) in [6, 6.07) is 8.35. The molecule has 164 valence electrons. The third-order valence-corrected chi connectivity index (χ3v) is 5.49. The number of methoxy groups -OCH3 is 1. The highest BCUT2D eigenvalue weighted by molar-refractivity contribution is 5.89. The Balaban J connectivity index is 2.00. The fourth-order valence-electron chi connectivity index (χ4n) is 3.81. The van der Waals surface area contributed by atoms with Crippen LogP contribution < -0.4 is 10.2 Å². The maximum absolute atomic E-state index is 12.9. The standard InChI is InChI=1S/C22H22O9/c1-9-18(26)19(27)20(28)22(30-9)17-15(29-2)8-13(25)16-12(24)7-14(31-21(16)17)10-3-5-11(23)6-4-10/h3-9,18-20,22-23,25-28H,1-2H3/t9-,18-,19?,20?,22-/m0/s1. The van der Waals surface area contributed by atoms with Gasteiger partial charge in [-0.15, -0.1) is 0 Å². The Morgan fingerprint density at radius 1 is 0.968 bits per heavy atom. The number of hydrogen-bond acceptors (Lipinski definition) is 9. The van der Waals surface area contributed by atoms with Gasteiger partial charge in [-0.05, 0) is 31.2 Å². The summed E-state index contributed by atoms with van der Waals surface area (Å²) in [6.45, 7) is 1.53. The fourth-order valence-corrected chi connectivity index (χ4v) is 3.81. The van der Waals surface area contributed by atoms with Crippen molar-refractivity contribution in [3.8, 4) is 28.6 Å². The molecule has 31 heavy (non-hydrogen) atoms. The van der Waals surface area contributed by atoms with E-state index in [4.69, 9.17) is 13.9 Å². The van der Waals surface area contributed by atoms with E-state index in [1.165, 1.54) is 38.3 Å². The average Bonchev–Trinajstić information content (AvgIpc) is 2.75. The van der Waals surface area contributed by atoms with Gasteiger partial charge in [0.05, 0.1) is 18.8 Å². The second-order valence-corrected chi connectivity index (χ2v) is 7.47. The molecule has 0 bridgehead atoms. The van der Waals surface area contributed by atoms with Gasteiger partial charge in [0, 0.05) is 17.7 Å². The molecule has 1 fully saturated rings. The first-order valence-corrected chi connectivity index (χ1v) is 9.59. The number of rotatable bonds is 3. The molecule has 1 aliphatic heterocycles. The van der Waals surface area contributed by atoms with Gasteiger partial charge in [0.1, 0.15) is 52.8 Å². The molecule has 9 nitrogen and oxygen atoms in total. The minimum atomic E-state index is -1.56. The number of aliphatic hydroxyl groups excluding tert-OH is 3. The van der Waals surface area contributed by atoms with Crippen LogP contribution in [-0.2, 0) is 4.74 Å². The predicted molar refractivity (Wildman–Crippen MR) is 109 cm³/mol. The van der Waals surface area contributed by atoms with Crippen LogP contribution in [0.15, 0.2) is 45.6 Å². The van der Waals surface area contributed by atoms with Crippen molar-refractivity contribution in [2.45, 2.75) is 37.4 Å². The Labute approximate surface area is 176 Å². The number of aliphatic hydroxyl groups is 3. The molecule has 5 atom stereocenters. The summed E-state index contributed by atoms with van der Waals surface area (Å²) in [7, 11) is 1.33. The van der Waals surface area contributed by atoms with E-state index in [0.717, 1.165) is 0 Å². The highest BCUT2D eigenvalue weighted by Crippen LogP contribution is 2.44. The van der Waals surface area contributed by atoms with E-state index in [1.807, 2.05) is 0 Å². The average molecular weight is 430 g/mol. The lowest BCUT2D eigenvalue weighted by molar-refractivity contribution is -0.219. The molecule has 1 aromatic heterocycles. The number of benzene rings is 2. The molecule has 5 N–H and O–H groups in total. The van der Waals surface area contributed by atoms with Gasteiger partial charge in [-0.1, -0.05) is 0 Å². The summed E-state index contributed by atoms with van der Waals surface area (Å²) in [4.78, 5) is 12.9. The van der Waals surface area contributed by atoms with E-state index >= 15 is 0 Å². The number of hydrogen-bond donors (Lipinski definition) is 5. The zero-order valence-corrected chi connectivity index (χ0v) is 16.7. The minimum Gasteiger partial charge on any atom is -0.508 e. The number of ether oxygens (including phenoxy) is 2. The van der Waals surface area contributed by atoms with Gasteiger partial charge in [-0.25, -0.2) is 0 Å². The molecule has 1 saturated heterocycles. The Morgan fingerprint density at radius 3 is 2.29 bits per heavy atom. The van der Waals surface area contributed by atoms with Crippen LogP contribution in [0, 0.1) is 0 Å². The molecule has 2 unspecified atom stereocenters. The molecular formula is C22H22O9. The SMILES string of the molecule is COc1cc(O)c2c(=O)cc(-c3ccc(O)cc3)oc2c1[C@@H]1O[C@@H](C)[C@H](O)C(O)C1O. The Hall–Kier alpha value is -3.11. The van der Waals surface area contributed by atoms with E-state index < -0.39 is 35.9 Å². The Bertz CT molecular complexity index is 1170. The van der Waals surface area contributed by atoms with E-state index in [2.05, 4.69) is 0 Å². The molecule has 3 aromatic rings. The van der Waals surface area contributed by atoms with Crippen molar-refractivity contribution in [2.24, 2.45) is 0 Å². The van der Waals surface area contributed by atoms with Crippen molar-refractivity contribution in [1.82, 2.24) is 0 Å². The van der Waals surface area contributed by atoms with Gasteiger partial charge in [-0.2, -0.15) is 0 Å². The van der Waals surface area contributed by atoms with Crippen molar-refractivity contribution in [3.05, 3.63) is 52.2 Å². The number of phenols is 2. The number of aromatic hydroxyl groups is 2. The largest absolute Gasteiger partial charge is 0.508 e. The van der Waals surface area contributed by atoms with Gasteiger partial charge in [-0.3, -0.25) is 4.79 Å². The minimum absolute atomic E-state index is 0.0344. The van der Waals surface area contributed by atoms with Crippen molar-refractivity contribution >= 4 is 11.0 Å². The first-order valence-electron chi connectivity index (χ1n) is 9.59. The van der Waals surface area contributed by atoms with Gasteiger partial charge < -0.3 is 39.4 Å². The molecule has 0 amide bonds. The highest BCUT2D eigenvalue weighted by Gasteiger charge is 2.44. The Morgan fingerprint density at radius 2 is 1.65 bits per heavy atom. The lowest BCUT2D eigenvalue weighted by atomic mass is 9.90. The first kappa shape index (κ1) is 21.1. The number of phenolic OH excluding ortho intramolecular Hbond substituents is 2. The lowest BCUT2D eigenvalue weighted by Gasteiger charge is -2.39. The molecule has 0 aliphatic carbocycles. The van der Waals surface area contributed by atoms with Crippen molar-refractivity contribution < 1.29 is 39.4 Å². The normalized spacial score (nSPS) is 26.2. The monoisotopic (exact) mass is 430 g/mol. The zero-order chi connectivity index (χ0) is 22.4. The lowest BCUT2D eigenvalue weighted by Crippen LogP contribution is -2.53. The summed E-state index contributed by atoms with van der Waals surface area (Å²) < 4.78 is 17.1. The molecule has 4 rings (SSSR count). The van der Waals surface area contributed by atoms with Gasteiger partial charge >= 0.3 is 0 Å². The van der Waals surface area contributed by atoms with E-state index in [-0.39, 0.29) is 39.5 Å². The molecule has 9 heteroatoms. The molecule has 0 radical (unpaired) electrons. The van der Waals surface area contributed by atoms with Crippen LogP contribution in [0.3, 0.4) is 0 Å². The molecular weight excluding hydrogens is 408 g/mol. The van der Waals surface area contributed by atoms with Gasteiger partial charge in [0.25, 0.3) is 0 Å². The van der Waals surface area contributed by atoms with E-state index in [9.17, 15) is 30.3 Å². The van der Waals surface area contributed by atoms with Crippen LogP contribution in [0.2, 0.25) is 0 Å². The summed E-state index contributed by atoms with van der Waals surface area (Å²) in [5.41, 5.74) is -0.0470. The summed E-state index contributed by atoms with van der Waals surface area (Å²) in [5, 5.41) is 50.7. The third kappa shape index (κ3) is 3.51. The van der Waals surface area contributed by atoms with Crippen LogP contribution in [0.1, 0.15) is 18.6 Å². The fraction of sp³-hybridized carbons (Fsp3) is 0.318. The smallest absolute Gasteiger partial charge is 0.197 e. The van der Waals surface area contributed by atoms with Crippen molar-refractivity contribution in [2.75, 3.05) is 7.11 Å². The predicted octanol–water partition coefficient (Wildman–Crippen LogP) is 1.42. The van der Waals surface area contributed by atoms with E-state index in [0.29, 0.717) is 5.56 Å². The van der Waals surface area contributed by atoms with Crippen LogP contribution in [-0.4, -0.2) is 57.1 Å². The molecule has 1 aliphatic rings. The molecule has 2 aromatic carbocycles. The maximum atomic E-state index is 12.9. The third-order valence-electron chi connectivity index (χ3n) is 5.49. The van der Waals surface area contributed by atoms with E-state index in [1.54, 1.807) is 12.1 Å². The number of fused-ring (bicyclic) bond motifs is 1. The molecule has 2 heterocycles. The summed E-state index contributed by atoms with van der Waals surface area (Å²) in [6.07, 6.45) is -6.46. The van der Waals surface area contributed by atoms with Crippen molar-refractivity contribution in [3.63, 3.8) is 0 Å². The zero-order valence-electron chi connectivity index (χ0n) is 16.7. The second kappa shape index (κ2) is 7.86. The first-order chi connectivity index (χ1) is 14.7. The maximum Gasteiger partial charge on any atom is 0.197 e. The van der Waals surface area contributed by atoms with Crippen molar-refractivity contribution in [1.29, 1.82) is 0 Å². The summed E-state index contributed by atoms with van der Waals surface area (Å²) >= 11 is 0. The summed E-state index contributed by atoms with van der Waals surface area (Å²) in [5.74, 6) is -0.145. The quantitative estimate of drug-likeness (QED) is 0.416. The van der Waals surface area contributed by atoms with Crippen LogP contribution in [0.25, 0.3) is 22.3 Å². The molecule has 0 spiro atoms. The van der Waals surface area contributed by atoms with Gasteiger partial charge in [0.2, 0.25) is 0 Å². The molecule has 0 saturated carbocycles. The van der Waals surface area contributed by atoms with Crippen LogP contribution in [0.5, 0.6) is 17.2 Å². The van der Waals surface area contributed by atoms with Crippen LogP contribution >= 0.6 is 0 Å². The topological polar surface area (TPSA) is 150 Å². The van der Waals surface area contributed by atoms with Crippen LogP contribution in [0.4, 0.5) is 0 Å².